The summed E-state index contributed by atoms with van der Waals surface area (Å²) in [4.78, 5) is 19.9. The fourth-order valence-electron chi connectivity index (χ4n) is 3.70. The van der Waals surface area contributed by atoms with Crippen LogP contribution in [-0.4, -0.2) is 29.2 Å². The van der Waals surface area contributed by atoms with Gasteiger partial charge in [0.05, 0.1) is 17.8 Å². The predicted octanol–water partition coefficient (Wildman–Crippen LogP) is 5.82. The molecule has 0 aromatic heterocycles. The second-order valence-corrected chi connectivity index (χ2v) is 7.87. The molecule has 3 aromatic carbocycles. The van der Waals surface area contributed by atoms with Crippen molar-refractivity contribution in [3.8, 4) is 0 Å². The largest absolute Gasteiger partial charge is 0.416 e. The minimum atomic E-state index is -4.53. The molecule has 0 saturated heterocycles. The summed E-state index contributed by atoms with van der Waals surface area (Å²) in [6.07, 6.45) is -4.88. The fourth-order valence-corrected chi connectivity index (χ4v) is 3.70. The predicted molar refractivity (Wildman–Crippen MR) is 115 cm³/mol. The second-order valence-electron chi connectivity index (χ2n) is 7.87. The number of benzene rings is 3. The third-order valence-electron chi connectivity index (χ3n) is 5.30. The molecule has 0 N–H and O–H groups in total. The molecule has 0 aliphatic carbocycles. The van der Waals surface area contributed by atoms with Crippen molar-refractivity contribution in [3.05, 3.63) is 107 Å². The van der Waals surface area contributed by atoms with Gasteiger partial charge in [-0.25, -0.2) is 8.78 Å². The highest BCUT2D eigenvalue weighted by molar-refractivity contribution is 6.01. The number of rotatable bonds is 6. The molecule has 1 unspecified atom stereocenters. The standard InChI is InChI=1S/C25H19F5N2O2/c26-20-8-2-5-17(11-20)23-13-22(34-31-23)15-32(24(33)18-6-3-9-21(27)12-18)14-16-4-1-7-19(10-16)25(28,29)30/h1-12,22H,13-15H2. The lowest BCUT2D eigenvalue weighted by Crippen LogP contribution is -2.37. The maximum absolute atomic E-state index is 13.7. The zero-order chi connectivity index (χ0) is 24.3. The van der Waals surface area contributed by atoms with E-state index >= 15 is 0 Å². The highest BCUT2D eigenvalue weighted by atomic mass is 19.4. The molecule has 3 aromatic rings. The zero-order valence-corrected chi connectivity index (χ0v) is 17.7. The van der Waals surface area contributed by atoms with Gasteiger partial charge in [0.2, 0.25) is 0 Å². The van der Waals surface area contributed by atoms with Gasteiger partial charge in [-0.1, -0.05) is 35.5 Å². The number of hydrogen-bond donors (Lipinski definition) is 0. The van der Waals surface area contributed by atoms with E-state index in [1.807, 2.05) is 0 Å². The normalized spacial score (nSPS) is 15.6. The SMILES string of the molecule is O=C(c1cccc(F)c1)N(Cc1cccc(C(F)(F)F)c1)CC1CC(c2cccc(F)c2)=NO1. The van der Waals surface area contributed by atoms with E-state index < -0.39 is 35.4 Å². The van der Waals surface area contributed by atoms with Gasteiger partial charge in [-0.3, -0.25) is 4.79 Å². The van der Waals surface area contributed by atoms with Crippen LogP contribution in [0.1, 0.15) is 33.5 Å². The average Bonchev–Trinajstić information content (AvgIpc) is 3.26. The Balaban J connectivity index is 1.55. The third-order valence-corrected chi connectivity index (χ3v) is 5.30. The van der Waals surface area contributed by atoms with E-state index in [-0.39, 0.29) is 30.6 Å². The Morgan fingerprint density at radius 2 is 1.68 bits per heavy atom. The minimum Gasteiger partial charge on any atom is -0.390 e. The molecule has 4 nitrogen and oxygen atoms in total. The first-order chi connectivity index (χ1) is 16.2. The van der Waals surface area contributed by atoms with E-state index in [4.69, 9.17) is 4.84 Å². The van der Waals surface area contributed by atoms with Crippen molar-refractivity contribution in [2.45, 2.75) is 25.2 Å². The van der Waals surface area contributed by atoms with Crippen LogP contribution in [0.2, 0.25) is 0 Å². The molecule has 176 valence electrons. The Kier molecular flexibility index (Phi) is 6.63. The van der Waals surface area contributed by atoms with Crippen molar-refractivity contribution in [3.63, 3.8) is 0 Å². The molecule has 0 saturated carbocycles. The molecule has 1 amide bonds. The van der Waals surface area contributed by atoms with Gasteiger partial charge < -0.3 is 9.74 Å². The molecule has 0 spiro atoms. The van der Waals surface area contributed by atoms with Crippen LogP contribution in [0.3, 0.4) is 0 Å². The first-order valence-corrected chi connectivity index (χ1v) is 10.4. The lowest BCUT2D eigenvalue weighted by molar-refractivity contribution is -0.137. The smallest absolute Gasteiger partial charge is 0.390 e. The van der Waals surface area contributed by atoms with Crippen LogP contribution in [0.25, 0.3) is 0 Å². The van der Waals surface area contributed by atoms with E-state index in [1.54, 1.807) is 6.07 Å². The monoisotopic (exact) mass is 474 g/mol. The summed E-state index contributed by atoms with van der Waals surface area (Å²) in [6, 6.07) is 15.5. The molecule has 1 aliphatic heterocycles. The molecule has 34 heavy (non-hydrogen) atoms. The molecule has 0 bridgehead atoms. The number of hydrogen-bond acceptors (Lipinski definition) is 3. The highest BCUT2D eigenvalue weighted by Crippen LogP contribution is 2.30. The van der Waals surface area contributed by atoms with E-state index in [0.717, 1.165) is 18.2 Å². The van der Waals surface area contributed by atoms with Crippen LogP contribution in [0.5, 0.6) is 0 Å². The Morgan fingerprint density at radius 1 is 0.971 bits per heavy atom. The summed E-state index contributed by atoms with van der Waals surface area (Å²) in [5, 5.41) is 3.98. The molecule has 4 rings (SSSR count). The summed E-state index contributed by atoms with van der Waals surface area (Å²) in [5.74, 6) is -1.62. The molecule has 0 fully saturated rings. The van der Waals surface area contributed by atoms with Crippen molar-refractivity contribution in [2.24, 2.45) is 5.16 Å². The quantitative estimate of drug-likeness (QED) is 0.423. The second kappa shape index (κ2) is 9.62. The first-order valence-electron chi connectivity index (χ1n) is 10.4. The average molecular weight is 474 g/mol. The van der Waals surface area contributed by atoms with Gasteiger partial charge in [0, 0.05) is 24.1 Å². The maximum Gasteiger partial charge on any atom is 0.416 e. The lowest BCUT2D eigenvalue weighted by Gasteiger charge is -2.25. The van der Waals surface area contributed by atoms with E-state index in [1.165, 1.54) is 53.4 Å². The van der Waals surface area contributed by atoms with Gasteiger partial charge in [-0.05, 0) is 48.0 Å². The van der Waals surface area contributed by atoms with E-state index in [2.05, 4.69) is 5.16 Å². The van der Waals surface area contributed by atoms with Gasteiger partial charge in [0.15, 0.2) is 6.10 Å². The summed E-state index contributed by atoms with van der Waals surface area (Å²) >= 11 is 0. The molecular weight excluding hydrogens is 455 g/mol. The Bertz CT molecular complexity index is 1230. The topological polar surface area (TPSA) is 41.9 Å². The van der Waals surface area contributed by atoms with Crippen molar-refractivity contribution >= 4 is 11.6 Å². The van der Waals surface area contributed by atoms with E-state index in [9.17, 15) is 26.7 Å². The van der Waals surface area contributed by atoms with Crippen molar-refractivity contribution < 1.29 is 31.6 Å². The lowest BCUT2D eigenvalue weighted by atomic mass is 10.0. The Labute approximate surface area is 192 Å². The Hall–Kier alpha value is -3.75. The number of carbonyl (C=O) groups excluding carboxylic acids is 1. The van der Waals surface area contributed by atoms with Crippen molar-refractivity contribution in [1.82, 2.24) is 4.90 Å². The summed E-state index contributed by atoms with van der Waals surface area (Å²) in [6.45, 7) is -0.178. The van der Waals surface area contributed by atoms with Gasteiger partial charge in [-0.2, -0.15) is 13.2 Å². The van der Waals surface area contributed by atoms with Gasteiger partial charge >= 0.3 is 6.18 Å². The van der Waals surface area contributed by atoms with Gasteiger partial charge in [0.25, 0.3) is 5.91 Å². The minimum absolute atomic E-state index is 0.0199. The number of amides is 1. The van der Waals surface area contributed by atoms with E-state index in [0.29, 0.717) is 11.3 Å². The molecule has 1 atom stereocenters. The van der Waals surface area contributed by atoms with Crippen LogP contribution < -0.4 is 0 Å². The number of alkyl halides is 3. The molecule has 9 heteroatoms. The van der Waals surface area contributed by atoms with Crippen molar-refractivity contribution in [2.75, 3.05) is 6.54 Å². The zero-order valence-electron chi connectivity index (χ0n) is 17.7. The number of carbonyl (C=O) groups is 1. The molecule has 1 heterocycles. The van der Waals surface area contributed by atoms with Crippen LogP contribution in [0.4, 0.5) is 22.0 Å². The summed E-state index contributed by atoms with van der Waals surface area (Å²) in [7, 11) is 0. The van der Waals surface area contributed by atoms with Crippen LogP contribution in [0.15, 0.2) is 78.0 Å². The molecule has 1 aliphatic rings. The highest BCUT2D eigenvalue weighted by Gasteiger charge is 2.31. The number of halogens is 5. The van der Waals surface area contributed by atoms with Gasteiger partial charge in [0.1, 0.15) is 11.6 Å². The molecule has 0 radical (unpaired) electrons. The third kappa shape index (κ3) is 5.59. The summed E-state index contributed by atoms with van der Waals surface area (Å²) in [5.41, 5.74) is 0.488. The van der Waals surface area contributed by atoms with Gasteiger partial charge in [-0.15, -0.1) is 0 Å². The number of oxime groups is 1. The Morgan fingerprint density at radius 3 is 2.38 bits per heavy atom. The van der Waals surface area contributed by atoms with Crippen LogP contribution >= 0.6 is 0 Å². The van der Waals surface area contributed by atoms with Crippen molar-refractivity contribution in [1.29, 1.82) is 0 Å². The molecular formula is C25H19F5N2O2. The first kappa shape index (κ1) is 23.4. The van der Waals surface area contributed by atoms with Crippen LogP contribution in [0, 0.1) is 11.6 Å². The summed E-state index contributed by atoms with van der Waals surface area (Å²) < 4.78 is 66.7. The fraction of sp³-hybridized carbons (Fsp3) is 0.200. The number of nitrogens with zero attached hydrogens (tertiary/aromatic N) is 2. The van der Waals surface area contributed by atoms with Crippen LogP contribution in [-0.2, 0) is 17.6 Å². The maximum atomic E-state index is 13.7.